The molecular formula is C23H21N3O. The van der Waals surface area contributed by atoms with Crippen LogP contribution in [0.3, 0.4) is 0 Å². The minimum Gasteiger partial charge on any atom is -0.328 e. The van der Waals surface area contributed by atoms with Gasteiger partial charge in [0.1, 0.15) is 0 Å². The predicted molar refractivity (Wildman–Crippen MR) is 109 cm³/mol. The van der Waals surface area contributed by atoms with Gasteiger partial charge in [-0.15, -0.1) is 0 Å². The number of benzene rings is 2. The molecule has 134 valence electrons. The highest BCUT2D eigenvalue weighted by atomic mass is 16.1. The van der Waals surface area contributed by atoms with Gasteiger partial charge in [-0.2, -0.15) is 0 Å². The Morgan fingerprint density at radius 2 is 1.70 bits per heavy atom. The zero-order chi connectivity index (χ0) is 18.6. The van der Waals surface area contributed by atoms with E-state index in [0.29, 0.717) is 6.54 Å². The highest BCUT2D eigenvalue weighted by Crippen LogP contribution is 2.20. The van der Waals surface area contributed by atoms with E-state index in [1.165, 1.54) is 5.56 Å². The Morgan fingerprint density at radius 1 is 0.889 bits per heavy atom. The van der Waals surface area contributed by atoms with Gasteiger partial charge in [0.2, 0.25) is 0 Å². The zero-order valence-electron chi connectivity index (χ0n) is 15.2. The van der Waals surface area contributed by atoms with Gasteiger partial charge in [-0.1, -0.05) is 48.5 Å². The Balaban J connectivity index is 1.58. The first-order valence-corrected chi connectivity index (χ1v) is 8.99. The maximum Gasteiger partial charge on any atom is 0.252 e. The summed E-state index contributed by atoms with van der Waals surface area (Å²) in [4.78, 5) is 21.8. The Hall–Kier alpha value is -3.24. The van der Waals surface area contributed by atoms with Crippen molar-refractivity contribution in [2.45, 2.75) is 13.1 Å². The second-order valence-corrected chi connectivity index (χ2v) is 6.77. The predicted octanol–water partition coefficient (Wildman–Crippen LogP) is 4.22. The van der Waals surface area contributed by atoms with Crippen LogP contribution in [0.5, 0.6) is 0 Å². The van der Waals surface area contributed by atoms with Crippen molar-refractivity contribution >= 4 is 10.9 Å². The number of pyridine rings is 2. The molecule has 0 radical (unpaired) electrons. The third kappa shape index (κ3) is 3.81. The first-order chi connectivity index (χ1) is 13.2. The molecule has 1 N–H and O–H groups in total. The average Bonchev–Trinajstić information content (AvgIpc) is 2.70. The highest BCUT2D eigenvalue weighted by Gasteiger charge is 2.09. The lowest BCUT2D eigenvalue weighted by Gasteiger charge is -2.18. The summed E-state index contributed by atoms with van der Waals surface area (Å²) in [5.74, 6) is 0. The summed E-state index contributed by atoms with van der Waals surface area (Å²) < 4.78 is 0. The van der Waals surface area contributed by atoms with Gasteiger partial charge >= 0.3 is 0 Å². The molecule has 2 aromatic carbocycles. The number of nitrogens with zero attached hydrogens (tertiary/aromatic N) is 2. The number of aromatic amines is 1. The molecule has 4 heteroatoms. The minimum absolute atomic E-state index is 0.0406. The summed E-state index contributed by atoms with van der Waals surface area (Å²) in [6.45, 7) is 1.32. The van der Waals surface area contributed by atoms with Crippen molar-refractivity contribution in [3.63, 3.8) is 0 Å². The number of nitrogens with one attached hydrogen (secondary N) is 1. The molecule has 0 aliphatic rings. The number of hydrogen-bond acceptors (Lipinski definition) is 3. The lowest BCUT2D eigenvalue weighted by molar-refractivity contribution is 0.319. The van der Waals surface area contributed by atoms with Crippen molar-refractivity contribution in [1.82, 2.24) is 14.9 Å². The quantitative estimate of drug-likeness (QED) is 0.583. The second-order valence-electron chi connectivity index (χ2n) is 6.77. The molecule has 0 saturated carbocycles. The fraction of sp³-hybridized carbons (Fsp3) is 0.130. The Bertz CT molecular complexity index is 1110. The normalized spacial score (nSPS) is 11.2. The largest absolute Gasteiger partial charge is 0.328 e. The van der Waals surface area contributed by atoms with Crippen LogP contribution < -0.4 is 5.56 Å². The minimum atomic E-state index is -0.0406. The molecular weight excluding hydrogens is 334 g/mol. The van der Waals surface area contributed by atoms with E-state index in [1.807, 2.05) is 67.8 Å². The molecule has 0 spiro atoms. The monoisotopic (exact) mass is 355 g/mol. The fourth-order valence-corrected chi connectivity index (χ4v) is 3.39. The molecule has 0 fully saturated rings. The van der Waals surface area contributed by atoms with Crippen molar-refractivity contribution in [2.24, 2.45) is 0 Å². The van der Waals surface area contributed by atoms with Gasteiger partial charge in [-0.25, -0.2) is 0 Å². The van der Waals surface area contributed by atoms with Crippen LogP contribution in [0.25, 0.3) is 22.0 Å². The number of H-pyrrole nitrogens is 1. The first kappa shape index (κ1) is 17.2. The van der Waals surface area contributed by atoms with Crippen LogP contribution >= 0.6 is 0 Å². The lowest BCUT2D eigenvalue weighted by Crippen LogP contribution is -2.23. The van der Waals surface area contributed by atoms with Crippen molar-refractivity contribution in [2.75, 3.05) is 7.05 Å². The number of fused-ring (bicyclic) bond motifs is 1. The smallest absolute Gasteiger partial charge is 0.252 e. The van der Waals surface area contributed by atoms with E-state index < -0.39 is 0 Å². The molecule has 0 amide bonds. The highest BCUT2D eigenvalue weighted by molar-refractivity contribution is 5.81. The SMILES string of the molecule is CN(Cc1cc(-c2ccccc2)c[nH]c1=O)Cc1cccc2ncccc12. The van der Waals surface area contributed by atoms with Crippen LogP contribution in [0.15, 0.2) is 83.9 Å². The molecule has 0 saturated heterocycles. The number of rotatable bonds is 5. The van der Waals surface area contributed by atoms with E-state index in [1.54, 1.807) is 6.20 Å². The van der Waals surface area contributed by atoms with Crippen LogP contribution in [-0.2, 0) is 13.1 Å². The third-order valence-corrected chi connectivity index (χ3v) is 4.70. The van der Waals surface area contributed by atoms with E-state index in [9.17, 15) is 4.79 Å². The molecule has 0 aliphatic carbocycles. The van der Waals surface area contributed by atoms with Crippen LogP contribution in [-0.4, -0.2) is 21.9 Å². The van der Waals surface area contributed by atoms with E-state index in [2.05, 4.69) is 27.0 Å². The van der Waals surface area contributed by atoms with Gasteiger partial charge in [0.15, 0.2) is 0 Å². The van der Waals surface area contributed by atoms with E-state index in [-0.39, 0.29) is 5.56 Å². The van der Waals surface area contributed by atoms with E-state index in [4.69, 9.17) is 0 Å². The number of aromatic nitrogens is 2. The molecule has 0 aliphatic heterocycles. The molecule has 0 bridgehead atoms. The van der Waals surface area contributed by atoms with Crippen LogP contribution in [0.4, 0.5) is 0 Å². The zero-order valence-corrected chi connectivity index (χ0v) is 15.2. The lowest BCUT2D eigenvalue weighted by atomic mass is 10.1. The first-order valence-electron chi connectivity index (χ1n) is 8.99. The van der Waals surface area contributed by atoms with Gasteiger partial charge in [-0.3, -0.25) is 14.7 Å². The summed E-state index contributed by atoms with van der Waals surface area (Å²) in [5.41, 5.74) is 5.04. The van der Waals surface area contributed by atoms with Crippen molar-refractivity contribution in [1.29, 1.82) is 0 Å². The molecule has 4 rings (SSSR count). The average molecular weight is 355 g/mol. The standard InChI is InChI=1S/C23H21N3O/c1-26(15-18-9-5-11-22-21(18)10-6-12-24-22)16-20-13-19(14-25-23(20)27)17-7-3-2-4-8-17/h2-14H,15-16H2,1H3,(H,25,27). The summed E-state index contributed by atoms with van der Waals surface area (Å²) >= 11 is 0. The Kier molecular flexibility index (Phi) is 4.81. The van der Waals surface area contributed by atoms with Crippen molar-refractivity contribution in [3.8, 4) is 11.1 Å². The maximum atomic E-state index is 12.3. The van der Waals surface area contributed by atoms with Crippen molar-refractivity contribution < 1.29 is 0 Å². The van der Waals surface area contributed by atoms with E-state index in [0.717, 1.165) is 34.1 Å². The molecule has 0 unspecified atom stereocenters. The summed E-state index contributed by atoms with van der Waals surface area (Å²) in [7, 11) is 2.03. The van der Waals surface area contributed by atoms with Crippen LogP contribution in [0.2, 0.25) is 0 Å². The number of hydrogen-bond donors (Lipinski definition) is 1. The van der Waals surface area contributed by atoms with E-state index >= 15 is 0 Å². The van der Waals surface area contributed by atoms with Crippen molar-refractivity contribution in [3.05, 3.63) is 101 Å². The van der Waals surface area contributed by atoms with Crippen LogP contribution in [0, 0.1) is 0 Å². The topological polar surface area (TPSA) is 49.0 Å². The molecule has 4 nitrogen and oxygen atoms in total. The third-order valence-electron chi connectivity index (χ3n) is 4.70. The second kappa shape index (κ2) is 7.56. The van der Waals surface area contributed by atoms with Gasteiger partial charge in [0.25, 0.3) is 5.56 Å². The van der Waals surface area contributed by atoms with Crippen LogP contribution in [0.1, 0.15) is 11.1 Å². The molecule has 4 aromatic rings. The van der Waals surface area contributed by atoms with Gasteiger partial charge in [0.05, 0.1) is 5.52 Å². The van der Waals surface area contributed by atoms with Gasteiger partial charge in [0, 0.05) is 36.4 Å². The Labute approximate surface area is 158 Å². The molecule has 0 atom stereocenters. The van der Waals surface area contributed by atoms with Gasteiger partial charge in [-0.05, 0) is 41.9 Å². The summed E-state index contributed by atoms with van der Waals surface area (Å²) in [6.07, 6.45) is 3.59. The maximum absolute atomic E-state index is 12.3. The summed E-state index contributed by atoms with van der Waals surface area (Å²) in [6, 6.07) is 22.3. The molecule has 2 aromatic heterocycles. The Morgan fingerprint density at radius 3 is 2.56 bits per heavy atom. The molecule has 27 heavy (non-hydrogen) atoms. The summed E-state index contributed by atoms with van der Waals surface area (Å²) in [5, 5.41) is 1.15. The molecule has 2 heterocycles. The van der Waals surface area contributed by atoms with Gasteiger partial charge < -0.3 is 4.98 Å². The fourth-order valence-electron chi connectivity index (χ4n) is 3.39.